The highest BCUT2D eigenvalue weighted by molar-refractivity contribution is 5.84. The van der Waals surface area contributed by atoms with Gasteiger partial charge in [-0.3, -0.25) is 14.4 Å². The van der Waals surface area contributed by atoms with Crippen molar-refractivity contribution in [1.82, 2.24) is 0 Å². The Morgan fingerprint density at radius 2 is 1.18 bits per heavy atom. The SMILES string of the molecule is CC(C)(CO)CCCC1CCCC(CCCC2CCCC(CCCC(C)(C)OC=O)C2=O)C1=O. The Kier molecular flexibility index (Phi) is 11.7. The van der Waals surface area contributed by atoms with Gasteiger partial charge in [0.2, 0.25) is 0 Å². The van der Waals surface area contributed by atoms with Crippen LogP contribution in [0.3, 0.4) is 0 Å². The Morgan fingerprint density at radius 1 is 0.765 bits per heavy atom. The molecule has 5 nitrogen and oxygen atoms in total. The summed E-state index contributed by atoms with van der Waals surface area (Å²) in [6.45, 7) is 8.71. The predicted molar refractivity (Wildman–Crippen MR) is 135 cm³/mol. The van der Waals surface area contributed by atoms with Gasteiger partial charge in [0.05, 0.1) is 0 Å². The lowest BCUT2D eigenvalue weighted by atomic mass is 9.73. The van der Waals surface area contributed by atoms with E-state index in [0.29, 0.717) is 18.0 Å². The zero-order valence-electron chi connectivity index (χ0n) is 22.3. The van der Waals surface area contributed by atoms with E-state index in [0.717, 1.165) is 96.3 Å². The smallest absolute Gasteiger partial charge is 0.293 e. The lowest BCUT2D eigenvalue weighted by Crippen LogP contribution is -2.31. The first kappa shape index (κ1) is 29.0. The van der Waals surface area contributed by atoms with E-state index in [4.69, 9.17) is 4.74 Å². The summed E-state index contributed by atoms with van der Waals surface area (Å²) in [4.78, 5) is 36.7. The molecule has 2 rings (SSSR count). The maximum Gasteiger partial charge on any atom is 0.293 e. The first-order valence-electron chi connectivity index (χ1n) is 13.9. The van der Waals surface area contributed by atoms with Crippen molar-refractivity contribution in [2.24, 2.45) is 29.1 Å². The van der Waals surface area contributed by atoms with Crippen molar-refractivity contribution in [2.75, 3.05) is 6.61 Å². The van der Waals surface area contributed by atoms with Crippen LogP contribution in [0.25, 0.3) is 0 Å². The maximum absolute atomic E-state index is 13.1. The van der Waals surface area contributed by atoms with Crippen LogP contribution in [0.15, 0.2) is 0 Å². The number of rotatable bonds is 15. The summed E-state index contributed by atoms with van der Waals surface area (Å²) in [5.41, 5.74) is -0.515. The van der Waals surface area contributed by atoms with Gasteiger partial charge >= 0.3 is 0 Å². The van der Waals surface area contributed by atoms with Crippen LogP contribution in [-0.4, -0.2) is 35.4 Å². The maximum atomic E-state index is 13.1. The van der Waals surface area contributed by atoms with Gasteiger partial charge < -0.3 is 9.84 Å². The fourth-order valence-corrected chi connectivity index (χ4v) is 6.08. The molecule has 0 heterocycles. The van der Waals surface area contributed by atoms with E-state index in [1.807, 2.05) is 13.8 Å². The van der Waals surface area contributed by atoms with Crippen molar-refractivity contribution in [3.05, 3.63) is 0 Å². The molecule has 0 aromatic heterocycles. The molecule has 0 aliphatic heterocycles. The molecule has 2 saturated carbocycles. The second-order valence-corrected chi connectivity index (χ2v) is 12.5. The molecule has 1 N–H and O–H groups in total. The molecular weight excluding hydrogens is 428 g/mol. The lowest BCUT2D eigenvalue weighted by Gasteiger charge is -2.31. The normalized spacial score (nSPS) is 26.5. The highest BCUT2D eigenvalue weighted by atomic mass is 16.5. The molecule has 0 bridgehead atoms. The van der Waals surface area contributed by atoms with E-state index in [1.165, 1.54) is 0 Å². The van der Waals surface area contributed by atoms with Gasteiger partial charge in [-0.25, -0.2) is 0 Å². The number of aliphatic hydroxyl groups is 1. The predicted octanol–water partition coefficient (Wildman–Crippen LogP) is 6.44. The van der Waals surface area contributed by atoms with Crippen LogP contribution in [0.2, 0.25) is 0 Å². The van der Waals surface area contributed by atoms with Gasteiger partial charge in [0, 0.05) is 30.3 Å². The van der Waals surface area contributed by atoms with Crippen LogP contribution >= 0.6 is 0 Å². The number of aliphatic hydroxyl groups excluding tert-OH is 1. The quantitative estimate of drug-likeness (QED) is 0.274. The number of Topliss-reactive ketones (excluding diaryl/α,β-unsaturated/α-hetero) is 2. The van der Waals surface area contributed by atoms with Gasteiger partial charge in [0.25, 0.3) is 6.47 Å². The van der Waals surface area contributed by atoms with Gasteiger partial charge in [-0.05, 0) is 89.9 Å². The number of carbonyl (C=O) groups is 3. The second-order valence-electron chi connectivity index (χ2n) is 12.5. The summed E-state index contributed by atoms with van der Waals surface area (Å²) in [7, 11) is 0. The van der Waals surface area contributed by atoms with Gasteiger partial charge in [-0.2, -0.15) is 0 Å². The Balaban J connectivity index is 1.72. The Hall–Kier alpha value is -1.23. The Bertz CT molecular complexity index is 653. The molecule has 0 aromatic carbocycles. The lowest BCUT2D eigenvalue weighted by molar-refractivity contribution is -0.141. The fourth-order valence-electron chi connectivity index (χ4n) is 6.08. The van der Waals surface area contributed by atoms with Gasteiger partial charge in [0.1, 0.15) is 17.2 Å². The molecule has 2 aliphatic carbocycles. The molecular formula is C29H50O5. The minimum Gasteiger partial charge on any atom is -0.462 e. The summed E-state index contributed by atoms with van der Waals surface area (Å²) in [5.74, 6) is 1.57. The van der Waals surface area contributed by atoms with E-state index in [-0.39, 0.29) is 35.7 Å². The molecule has 0 spiro atoms. The highest BCUT2D eigenvalue weighted by Crippen LogP contribution is 2.36. The Morgan fingerprint density at radius 3 is 1.59 bits per heavy atom. The zero-order chi connectivity index (χ0) is 25.2. The molecule has 0 saturated heterocycles. The van der Waals surface area contributed by atoms with Crippen LogP contribution in [-0.2, 0) is 19.1 Å². The minimum absolute atomic E-state index is 0.0546. The van der Waals surface area contributed by atoms with E-state index >= 15 is 0 Å². The van der Waals surface area contributed by atoms with Crippen molar-refractivity contribution in [3.63, 3.8) is 0 Å². The third kappa shape index (κ3) is 9.43. The highest BCUT2D eigenvalue weighted by Gasteiger charge is 2.33. The third-order valence-electron chi connectivity index (χ3n) is 8.46. The molecule has 0 amide bonds. The molecule has 4 atom stereocenters. The number of hydrogen-bond donors (Lipinski definition) is 1. The topological polar surface area (TPSA) is 80.7 Å². The largest absolute Gasteiger partial charge is 0.462 e. The van der Waals surface area contributed by atoms with Crippen LogP contribution in [0.5, 0.6) is 0 Å². The number of hydrogen-bond acceptors (Lipinski definition) is 5. The summed E-state index contributed by atoms with van der Waals surface area (Å²) < 4.78 is 5.13. The van der Waals surface area contributed by atoms with E-state index in [2.05, 4.69) is 13.8 Å². The van der Waals surface area contributed by atoms with Crippen LogP contribution in [0.4, 0.5) is 0 Å². The van der Waals surface area contributed by atoms with Gasteiger partial charge in [-0.1, -0.05) is 39.5 Å². The molecule has 5 heteroatoms. The fraction of sp³-hybridized carbons (Fsp3) is 0.897. The average Bonchev–Trinajstić information content (AvgIpc) is 2.78. The number of ether oxygens (including phenoxy) is 1. The van der Waals surface area contributed by atoms with Crippen LogP contribution in [0.1, 0.15) is 124 Å². The number of ketones is 2. The molecule has 2 aliphatic rings. The van der Waals surface area contributed by atoms with Crippen molar-refractivity contribution in [2.45, 2.75) is 130 Å². The molecule has 2 fully saturated rings. The summed E-state index contributed by atoms with van der Waals surface area (Å²) in [5, 5.41) is 9.45. The average molecular weight is 479 g/mol. The van der Waals surface area contributed by atoms with Crippen molar-refractivity contribution in [1.29, 1.82) is 0 Å². The van der Waals surface area contributed by atoms with Crippen molar-refractivity contribution >= 4 is 18.0 Å². The van der Waals surface area contributed by atoms with Crippen molar-refractivity contribution < 1.29 is 24.2 Å². The molecule has 0 radical (unpaired) electrons. The minimum atomic E-state index is -0.460. The summed E-state index contributed by atoms with van der Waals surface area (Å²) in [6.07, 6.45) is 14.6. The monoisotopic (exact) mass is 478 g/mol. The van der Waals surface area contributed by atoms with Gasteiger partial charge in [-0.15, -0.1) is 0 Å². The van der Waals surface area contributed by atoms with E-state index in [9.17, 15) is 19.5 Å². The Labute approximate surface area is 207 Å². The third-order valence-corrected chi connectivity index (χ3v) is 8.46. The standard InChI is InChI=1S/C29H50O5/c1-28(2,20-30)18-8-16-24-14-6-12-22(26(24)32)10-5-11-23-13-7-15-25(27(23)33)17-9-19-29(3,4)34-21-31/h21-25,30H,5-20H2,1-4H3. The van der Waals surface area contributed by atoms with Crippen molar-refractivity contribution in [3.8, 4) is 0 Å². The molecule has 196 valence electrons. The molecule has 4 unspecified atom stereocenters. The molecule has 0 aromatic rings. The van der Waals surface area contributed by atoms with Crippen LogP contribution < -0.4 is 0 Å². The second kappa shape index (κ2) is 13.8. The number of carbonyl (C=O) groups excluding carboxylic acids is 3. The zero-order valence-corrected chi connectivity index (χ0v) is 22.3. The molecule has 34 heavy (non-hydrogen) atoms. The summed E-state index contributed by atoms with van der Waals surface area (Å²) >= 11 is 0. The van der Waals surface area contributed by atoms with Gasteiger partial charge in [0.15, 0.2) is 0 Å². The van der Waals surface area contributed by atoms with Crippen LogP contribution in [0, 0.1) is 29.1 Å². The van der Waals surface area contributed by atoms with E-state index in [1.54, 1.807) is 0 Å². The summed E-state index contributed by atoms with van der Waals surface area (Å²) in [6, 6.07) is 0. The first-order valence-corrected chi connectivity index (χ1v) is 13.9. The van der Waals surface area contributed by atoms with E-state index < -0.39 is 5.60 Å². The first-order chi connectivity index (χ1) is 16.1.